The van der Waals surface area contributed by atoms with E-state index in [1.165, 1.54) is 0 Å². The highest BCUT2D eigenvalue weighted by molar-refractivity contribution is 5.96. The molecule has 4 heteroatoms. The van der Waals surface area contributed by atoms with E-state index in [9.17, 15) is 9.59 Å². The predicted octanol–water partition coefficient (Wildman–Crippen LogP) is 1.31. The van der Waals surface area contributed by atoms with Crippen LogP contribution in [-0.2, 0) is 9.59 Å². The third-order valence-corrected chi connectivity index (χ3v) is 1.84. The maximum absolute atomic E-state index is 11.4. The number of hydrogen-bond donors (Lipinski definition) is 2. The Morgan fingerprint density at radius 1 is 1.06 bits per heavy atom. The molecule has 0 heterocycles. The Balaban J connectivity index is 3.75. The number of carbonyl (C=O) groups is 2. The first-order valence-electron chi connectivity index (χ1n) is 5.74. The van der Waals surface area contributed by atoms with Gasteiger partial charge in [0, 0.05) is 13.1 Å². The molecule has 0 fully saturated rings. The minimum atomic E-state index is -0.212. The van der Waals surface area contributed by atoms with E-state index in [0.717, 1.165) is 0 Å². The van der Waals surface area contributed by atoms with Gasteiger partial charge in [0.1, 0.15) is 6.42 Å². The molecule has 0 aliphatic carbocycles. The Bertz CT molecular complexity index is 242. The molecular weight excluding hydrogens is 204 g/mol. The summed E-state index contributed by atoms with van der Waals surface area (Å²) in [4.78, 5) is 22.7. The molecular formula is C12H24N2O2. The molecule has 0 atom stereocenters. The van der Waals surface area contributed by atoms with Crippen LogP contribution in [-0.4, -0.2) is 24.9 Å². The first-order valence-corrected chi connectivity index (χ1v) is 5.74. The van der Waals surface area contributed by atoms with Crippen molar-refractivity contribution < 1.29 is 9.59 Å². The van der Waals surface area contributed by atoms with Gasteiger partial charge in [-0.3, -0.25) is 9.59 Å². The number of rotatable bonds is 5. The zero-order valence-corrected chi connectivity index (χ0v) is 11.0. The number of hydrogen-bond acceptors (Lipinski definition) is 2. The van der Waals surface area contributed by atoms with Crippen molar-refractivity contribution in [2.45, 2.75) is 41.0 Å². The van der Waals surface area contributed by atoms with Gasteiger partial charge in [-0.1, -0.05) is 34.6 Å². The smallest absolute Gasteiger partial charge is 0.229 e. The van der Waals surface area contributed by atoms with Crippen LogP contribution < -0.4 is 10.6 Å². The quantitative estimate of drug-likeness (QED) is 0.697. The summed E-state index contributed by atoms with van der Waals surface area (Å²) in [6.07, 6.45) is -0.0806. The maximum Gasteiger partial charge on any atom is 0.229 e. The molecule has 0 spiro atoms. The fraction of sp³-hybridized carbons (Fsp3) is 0.833. The normalized spacial score (nSPS) is 11.4. The average Bonchev–Trinajstić information content (AvgIpc) is 2.10. The Hall–Kier alpha value is -1.06. The highest BCUT2D eigenvalue weighted by atomic mass is 16.2. The van der Waals surface area contributed by atoms with Gasteiger partial charge < -0.3 is 10.6 Å². The monoisotopic (exact) mass is 228 g/mol. The van der Waals surface area contributed by atoms with Crippen LogP contribution in [0.4, 0.5) is 0 Å². The maximum atomic E-state index is 11.4. The van der Waals surface area contributed by atoms with Crippen LogP contribution in [0.3, 0.4) is 0 Å². The molecule has 0 unspecified atom stereocenters. The summed E-state index contributed by atoms with van der Waals surface area (Å²) < 4.78 is 0. The van der Waals surface area contributed by atoms with Gasteiger partial charge in [-0.05, 0) is 11.3 Å². The third kappa shape index (κ3) is 9.49. The Morgan fingerprint density at radius 3 is 2.00 bits per heavy atom. The lowest BCUT2D eigenvalue weighted by Gasteiger charge is -2.18. The molecule has 0 aromatic heterocycles. The fourth-order valence-corrected chi connectivity index (χ4v) is 0.953. The molecule has 0 saturated heterocycles. The van der Waals surface area contributed by atoms with E-state index in [4.69, 9.17) is 0 Å². The molecule has 0 saturated carbocycles. The van der Waals surface area contributed by atoms with Crippen LogP contribution >= 0.6 is 0 Å². The Kier molecular flexibility index (Phi) is 6.08. The summed E-state index contributed by atoms with van der Waals surface area (Å²) in [6, 6.07) is 0. The summed E-state index contributed by atoms with van der Waals surface area (Å²) in [7, 11) is 0. The van der Waals surface area contributed by atoms with E-state index in [1.807, 2.05) is 34.6 Å². The number of amides is 2. The lowest BCUT2D eigenvalue weighted by Crippen LogP contribution is -2.36. The molecule has 0 bridgehead atoms. The first kappa shape index (κ1) is 14.9. The van der Waals surface area contributed by atoms with E-state index in [1.54, 1.807) is 0 Å². The standard InChI is InChI=1S/C12H24N2O2/c1-9(2)7-13-10(15)6-11(16)14-8-12(3,4)5/h9H,6-8H2,1-5H3,(H,13,15)(H,14,16). The van der Waals surface area contributed by atoms with Crippen LogP contribution in [0.2, 0.25) is 0 Å². The van der Waals surface area contributed by atoms with E-state index in [-0.39, 0.29) is 23.7 Å². The highest BCUT2D eigenvalue weighted by Gasteiger charge is 2.14. The molecule has 0 radical (unpaired) electrons. The molecule has 2 N–H and O–H groups in total. The van der Waals surface area contributed by atoms with E-state index >= 15 is 0 Å². The molecule has 0 aliphatic rings. The molecule has 4 nitrogen and oxygen atoms in total. The van der Waals surface area contributed by atoms with Gasteiger partial charge in [0.2, 0.25) is 11.8 Å². The molecule has 94 valence electrons. The zero-order valence-electron chi connectivity index (χ0n) is 11.0. The van der Waals surface area contributed by atoms with Crippen LogP contribution in [0.15, 0.2) is 0 Å². The predicted molar refractivity (Wildman–Crippen MR) is 64.9 cm³/mol. The molecule has 0 aromatic rings. The van der Waals surface area contributed by atoms with E-state index < -0.39 is 0 Å². The molecule has 0 aliphatic heterocycles. The summed E-state index contributed by atoms with van der Waals surface area (Å²) in [5, 5.41) is 5.45. The first-order chi connectivity index (χ1) is 7.20. The van der Waals surface area contributed by atoms with Gasteiger partial charge in [-0.2, -0.15) is 0 Å². The highest BCUT2D eigenvalue weighted by Crippen LogP contribution is 2.10. The van der Waals surface area contributed by atoms with Crippen molar-refractivity contribution in [3.05, 3.63) is 0 Å². The van der Waals surface area contributed by atoms with Crippen molar-refractivity contribution >= 4 is 11.8 Å². The van der Waals surface area contributed by atoms with Crippen molar-refractivity contribution in [3.63, 3.8) is 0 Å². The minimum absolute atomic E-state index is 0.0457. The largest absolute Gasteiger partial charge is 0.355 e. The molecule has 16 heavy (non-hydrogen) atoms. The summed E-state index contributed by atoms with van der Waals surface area (Å²) in [5.74, 6) is -0.0159. The summed E-state index contributed by atoms with van der Waals surface area (Å²) >= 11 is 0. The van der Waals surface area contributed by atoms with Crippen molar-refractivity contribution in [3.8, 4) is 0 Å². The number of carbonyl (C=O) groups excluding carboxylic acids is 2. The molecule has 0 aromatic carbocycles. The lowest BCUT2D eigenvalue weighted by atomic mass is 9.97. The van der Waals surface area contributed by atoms with E-state index in [0.29, 0.717) is 19.0 Å². The van der Waals surface area contributed by atoms with Gasteiger partial charge in [-0.25, -0.2) is 0 Å². The summed E-state index contributed by atoms with van der Waals surface area (Å²) in [6.45, 7) is 11.3. The SMILES string of the molecule is CC(C)CNC(=O)CC(=O)NCC(C)(C)C. The van der Waals surface area contributed by atoms with Gasteiger partial charge in [-0.15, -0.1) is 0 Å². The van der Waals surface area contributed by atoms with Gasteiger partial charge >= 0.3 is 0 Å². The van der Waals surface area contributed by atoms with Crippen molar-refractivity contribution in [2.75, 3.05) is 13.1 Å². The average molecular weight is 228 g/mol. The second-order valence-electron chi connectivity index (χ2n) is 5.71. The van der Waals surface area contributed by atoms with Crippen LogP contribution in [0.25, 0.3) is 0 Å². The van der Waals surface area contributed by atoms with Crippen LogP contribution in [0, 0.1) is 11.3 Å². The molecule has 0 rings (SSSR count). The Labute approximate surface area is 98.2 Å². The van der Waals surface area contributed by atoms with Gasteiger partial charge in [0.05, 0.1) is 0 Å². The van der Waals surface area contributed by atoms with Gasteiger partial charge in [0.25, 0.3) is 0 Å². The third-order valence-electron chi connectivity index (χ3n) is 1.84. The second kappa shape index (κ2) is 6.51. The van der Waals surface area contributed by atoms with Crippen molar-refractivity contribution in [1.29, 1.82) is 0 Å². The van der Waals surface area contributed by atoms with Crippen LogP contribution in [0.1, 0.15) is 41.0 Å². The van der Waals surface area contributed by atoms with Gasteiger partial charge in [0.15, 0.2) is 0 Å². The zero-order chi connectivity index (χ0) is 12.8. The molecule has 2 amide bonds. The topological polar surface area (TPSA) is 58.2 Å². The summed E-state index contributed by atoms with van der Waals surface area (Å²) in [5.41, 5.74) is 0.0457. The second-order valence-corrected chi connectivity index (χ2v) is 5.71. The Morgan fingerprint density at radius 2 is 1.56 bits per heavy atom. The fourth-order valence-electron chi connectivity index (χ4n) is 0.953. The lowest BCUT2D eigenvalue weighted by molar-refractivity contribution is -0.129. The van der Waals surface area contributed by atoms with Crippen molar-refractivity contribution in [2.24, 2.45) is 11.3 Å². The van der Waals surface area contributed by atoms with Crippen molar-refractivity contribution in [1.82, 2.24) is 10.6 Å². The van der Waals surface area contributed by atoms with E-state index in [2.05, 4.69) is 10.6 Å². The van der Waals surface area contributed by atoms with Crippen LogP contribution in [0.5, 0.6) is 0 Å². The number of nitrogens with one attached hydrogen (secondary N) is 2. The minimum Gasteiger partial charge on any atom is -0.355 e.